The Labute approximate surface area is 87.8 Å². The Morgan fingerprint density at radius 1 is 1.64 bits per heavy atom. The van der Waals surface area contributed by atoms with E-state index in [1.807, 2.05) is 18.4 Å². The lowest BCUT2D eigenvalue weighted by Gasteiger charge is -1.98. The second-order valence-electron chi connectivity index (χ2n) is 3.02. The molecule has 1 aromatic heterocycles. The molecule has 4 heteroatoms. The van der Waals surface area contributed by atoms with Crippen molar-refractivity contribution in [2.24, 2.45) is 5.10 Å². The summed E-state index contributed by atoms with van der Waals surface area (Å²) in [6.07, 6.45) is 1.97. The largest absolute Gasteiger partial charge is 0.281 e. The van der Waals surface area contributed by atoms with Crippen molar-refractivity contribution in [3.63, 3.8) is 0 Å². The number of hydrazone groups is 1. The van der Waals surface area contributed by atoms with Gasteiger partial charge in [0.1, 0.15) is 0 Å². The van der Waals surface area contributed by atoms with Gasteiger partial charge in [0.25, 0.3) is 5.91 Å². The van der Waals surface area contributed by atoms with Gasteiger partial charge in [-0.15, -0.1) is 11.3 Å². The number of hydrogen-bond donors (Lipinski definition) is 1. The number of thiophene rings is 1. The van der Waals surface area contributed by atoms with Gasteiger partial charge in [-0.3, -0.25) is 4.79 Å². The van der Waals surface area contributed by atoms with Gasteiger partial charge in [-0.05, 0) is 24.8 Å². The molecule has 0 bridgehead atoms. The highest BCUT2D eigenvalue weighted by atomic mass is 32.1. The predicted octanol–water partition coefficient (Wildman–Crippen LogP) is 2.65. The van der Waals surface area contributed by atoms with Crippen molar-refractivity contribution in [1.29, 1.82) is 0 Å². The molecule has 14 heavy (non-hydrogen) atoms. The van der Waals surface area contributed by atoms with Crippen LogP contribution in [0.5, 0.6) is 0 Å². The molecule has 1 rings (SSSR count). The summed E-state index contributed by atoms with van der Waals surface area (Å²) in [7, 11) is 0. The molecule has 0 unspecified atom stereocenters. The van der Waals surface area contributed by atoms with Crippen molar-refractivity contribution in [2.45, 2.75) is 26.7 Å². The molecule has 0 radical (unpaired) electrons. The predicted molar refractivity (Wildman–Crippen MR) is 59.8 cm³/mol. The summed E-state index contributed by atoms with van der Waals surface area (Å²) in [5.41, 5.74) is 3.49. The van der Waals surface area contributed by atoms with Crippen LogP contribution in [0.1, 0.15) is 36.4 Å². The van der Waals surface area contributed by atoms with Gasteiger partial charge in [0.2, 0.25) is 0 Å². The summed E-state index contributed by atoms with van der Waals surface area (Å²) >= 11 is 1.41. The number of hydrogen-bond acceptors (Lipinski definition) is 3. The second-order valence-corrected chi connectivity index (χ2v) is 3.96. The first-order chi connectivity index (χ1) is 6.74. The van der Waals surface area contributed by atoms with E-state index in [1.165, 1.54) is 11.3 Å². The molecule has 0 aliphatic rings. The fourth-order valence-corrected chi connectivity index (χ4v) is 1.64. The fraction of sp³-hybridized carbons (Fsp3) is 0.400. The third-order valence-electron chi connectivity index (χ3n) is 1.71. The van der Waals surface area contributed by atoms with Crippen LogP contribution >= 0.6 is 11.3 Å². The minimum Gasteiger partial charge on any atom is -0.266 e. The lowest BCUT2D eigenvalue weighted by Crippen LogP contribution is -2.17. The van der Waals surface area contributed by atoms with Crippen molar-refractivity contribution in [1.82, 2.24) is 5.43 Å². The topological polar surface area (TPSA) is 41.5 Å². The minimum atomic E-state index is -0.129. The average molecular weight is 210 g/mol. The Hall–Kier alpha value is -1.16. The van der Waals surface area contributed by atoms with Crippen molar-refractivity contribution in [2.75, 3.05) is 0 Å². The first-order valence-electron chi connectivity index (χ1n) is 4.61. The summed E-state index contributed by atoms with van der Waals surface area (Å²) in [5, 5.41) is 5.87. The maximum Gasteiger partial charge on any atom is 0.281 e. The zero-order chi connectivity index (χ0) is 10.4. The normalized spacial score (nSPS) is 11.4. The SMILES string of the molecule is CCC/C(C)=N/NC(=O)c1cccs1. The van der Waals surface area contributed by atoms with E-state index in [1.54, 1.807) is 6.07 Å². The van der Waals surface area contributed by atoms with Crippen molar-refractivity contribution >= 4 is 23.0 Å². The third-order valence-corrected chi connectivity index (χ3v) is 2.57. The molecule has 1 heterocycles. The number of amides is 1. The second kappa shape index (κ2) is 5.54. The van der Waals surface area contributed by atoms with Gasteiger partial charge in [-0.25, -0.2) is 5.43 Å². The van der Waals surface area contributed by atoms with Crippen LogP contribution in [0.15, 0.2) is 22.6 Å². The molecule has 1 N–H and O–H groups in total. The van der Waals surface area contributed by atoms with E-state index >= 15 is 0 Å². The van der Waals surface area contributed by atoms with Crippen LogP contribution in [0, 0.1) is 0 Å². The zero-order valence-electron chi connectivity index (χ0n) is 8.41. The molecule has 3 nitrogen and oxygen atoms in total. The van der Waals surface area contributed by atoms with Crippen molar-refractivity contribution in [3.8, 4) is 0 Å². The summed E-state index contributed by atoms with van der Waals surface area (Å²) in [6, 6.07) is 3.63. The lowest BCUT2D eigenvalue weighted by atomic mass is 10.2. The van der Waals surface area contributed by atoms with Crippen LogP contribution < -0.4 is 5.43 Å². The molecule has 0 saturated carbocycles. The first-order valence-corrected chi connectivity index (χ1v) is 5.49. The van der Waals surface area contributed by atoms with E-state index in [0.717, 1.165) is 18.6 Å². The van der Waals surface area contributed by atoms with Gasteiger partial charge in [0.05, 0.1) is 4.88 Å². The molecule has 0 fully saturated rings. The van der Waals surface area contributed by atoms with Gasteiger partial charge < -0.3 is 0 Å². The Morgan fingerprint density at radius 2 is 2.43 bits per heavy atom. The molecule has 76 valence electrons. The first kappa shape index (κ1) is 10.9. The van der Waals surface area contributed by atoms with Crippen molar-refractivity contribution in [3.05, 3.63) is 22.4 Å². The fourth-order valence-electron chi connectivity index (χ4n) is 1.03. The van der Waals surface area contributed by atoms with E-state index in [-0.39, 0.29) is 5.91 Å². The van der Waals surface area contributed by atoms with E-state index in [9.17, 15) is 4.79 Å². The summed E-state index contributed by atoms with van der Waals surface area (Å²) < 4.78 is 0. The van der Waals surface area contributed by atoms with Gasteiger partial charge in [-0.2, -0.15) is 5.10 Å². The quantitative estimate of drug-likeness (QED) is 0.602. The summed E-state index contributed by atoms with van der Waals surface area (Å²) in [6.45, 7) is 4.00. The minimum absolute atomic E-state index is 0.129. The molecular weight excluding hydrogens is 196 g/mol. The highest BCUT2D eigenvalue weighted by Gasteiger charge is 2.03. The molecule has 0 aliphatic heterocycles. The Kier molecular flexibility index (Phi) is 4.32. The Bertz CT molecular complexity index is 317. The van der Waals surface area contributed by atoms with E-state index < -0.39 is 0 Å². The highest BCUT2D eigenvalue weighted by molar-refractivity contribution is 7.12. The van der Waals surface area contributed by atoms with Gasteiger partial charge in [-0.1, -0.05) is 19.4 Å². The van der Waals surface area contributed by atoms with Gasteiger partial charge in [0, 0.05) is 5.71 Å². The molecule has 0 spiro atoms. The average Bonchev–Trinajstić information content (AvgIpc) is 2.67. The zero-order valence-corrected chi connectivity index (χ0v) is 9.23. The standard InChI is InChI=1S/C10H14N2OS/c1-3-5-8(2)11-12-10(13)9-6-4-7-14-9/h4,6-7H,3,5H2,1-2H3,(H,12,13)/b11-8+. The van der Waals surface area contributed by atoms with Crippen LogP contribution in [0.25, 0.3) is 0 Å². The van der Waals surface area contributed by atoms with Crippen LogP contribution in [-0.4, -0.2) is 11.6 Å². The van der Waals surface area contributed by atoms with Crippen molar-refractivity contribution < 1.29 is 4.79 Å². The Balaban J connectivity index is 2.46. The molecule has 0 aliphatic carbocycles. The van der Waals surface area contributed by atoms with Crippen LogP contribution in [0.3, 0.4) is 0 Å². The summed E-state index contributed by atoms with van der Waals surface area (Å²) in [5.74, 6) is -0.129. The Morgan fingerprint density at radius 3 is 3.00 bits per heavy atom. The van der Waals surface area contributed by atoms with Crippen LogP contribution in [0.2, 0.25) is 0 Å². The number of rotatable bonds is 4. The van der Waals surface area contributed by atoms with Crippen LogP contribution in [0.4, 0.5) is 0 Å². The molecule has 1 aromatic rings. The van der Waals surface area contributed by atoms with Gasteiger partial charge in [0.15, 0.2) is 0 Å². The molecule has 1 amide bonds. The van der Waals surface area contributed by atoms with E-state index in [0.29, 0.717) is 4.88 Å². The molecule has 0 aromatic carbocycles. The van der Waals surface area contributed by atoms with Crippen LogP contribution in [-0.2, 0) is 0 Å². The number of carbonyl (C=O) groups is 1. The van der Waals surface area contributed by atoms with Gasteiger partial charge >= 0.3 is 0 Å². The van der Waals surface area contributed by atoms with E-state index in [4.69, 9.17) is 0 Å². The smallest absolute Gasteiger partial charge is 0.266 e. The molecular formula is C10H14N2OS. The molecule has 0 atom stereocenters. The molecule has 0 saturated heterocycles. The monoisotopic (exact) mass is 210 g/mol. The number of nitrogens with zero attached hydrogens (tertiary/aromatic N) is 1. The van der Waals surface area contributed by atoms with E-state index in [2.05, 4.69) is 17.5 Å². The summed E-state index contributed by atoms with van der Waals surface area (Å²) in [4.78, 5) is 12.1. The maximum atomic E-state index is 11.4. The third kappa shape index (κ3) is 3.30. The maximum absolute atomic E-state index is 11.4. The number of nitrogens with one attached hydrogen (secondary N) is 1. The highest BCUT2D eigenvalue weighted by Crippen LogP contribution is 2.07. The lowest BCUT2D eigenvalue weighted by molar-refractivity contribution is 0.0958. The number of carbonyl (C=O) groups excluding carboxylic acids is 1.